The fraction of sp³-hybridized carbons (Fsp3) is 0.419. The summed E-state index contributed by atoms with van der Waals surface area (Å²) in [5.41, 5.74) is 3.38. The van der Waals surface area contributed by atoms with Crippen molar-refractivity contribution >= 4 is 6.09 Å². The summed E-state index contributed by atoms with van der Waals surface area (Å²) in [5.74, 6) is 2.94. The van der Waals surface area contributed by atoms with Gasteiger partial charge in [0.25, 0.3) is 0 Å². The molecule has 1 aliphatic heterocycles. The molecular formula is C43H53NO9. The summed E-state index contributed by atoms with van der Waals surface area (Å²) in [6.45, 7) is 8.53. The third kappa shape index (κ3) is 11.9. The second-order valence-corrected chi connectivity index (χ2v) is 13.9. The summed E-state index contributed by atoms with van der Waals surface area (Å²) in [5, 5.41) is 0. The van der Waals surface area contributed by atoms with E-state index in [-0.39, 0.29) is 5.92 Å². The Kier molecular flexibility index (Phi) is 14.4. The third-order valence-electron chi connectivity index (χ3n) is 8.92. The van der Waals surface area contributed by atoms with E-state index in [1.54, 1.807) is 26.2 Å². The lowest BCUT2D eigenvalue weighted by atomic mass is 9.84. The highest BCUT2D eigenvalue weighted by atomic mass is 16.6. The topological polar surface area (TPSA) is 94.2 Å². The molecule has 10 heteroatoms. The van der Waals surface area contributed by atoms with E-state index in [4.69, 9.17) is 37.9 Å². The highest BCUT2D eigenvalue weighted by Crippen LogP contribution is 2.35. The van der Waals surface area contributed by atoms with Crippen molar-refractivity contribution < 1.29 is 42.7 Å². The Balaban J connectivity index is 1.30. The van der Waals surface area contributed by atoms with Gasteiger partial charge in [0.15, 0.2) is 0 Å². The standard InChI is InChI=1S/C43H53NO9/c1-43(2,3)53-42(45)44-26-39(51-28-31-12-18-35(46-4)19-13-31)41(40(27-44)52-29-32-14-20-36(47-5)21-15-32)33-16-22-37(23-17-33)50-25-9-24-49-30-34-10-7-8-11-38(34)48-6/h7-8,10-23,39-41H,9,24-30H2,1-6H3/t39-,40+,41?. The van der Waals surface area contributed by atoms with Crippen molar-refractivity contribution in [2.45, 2.75) is 70.7 Å². The SMILES string of the molecule is COc1ccc(CO[C@H]2CN(C(=O)OC(C)(C)C)C[C@@H](OCc3ccc(OC)cc3)C2c2ccc(OCCCOCc3ccccc3OC)cc2)cc1. The lowest BCUT2D eigenvalue weighted by Gasteiger charge is -2.43. The van der Waals surface area contributed by atoms with E-state index >= 15 is 0 Å². The number of benzene rings is 4. The molecule has 4 aromatic rings. The van der Waals surface area contributed by atoms with Crippen molar-refractivity contribution in [3.63, 3.8) is 0 Å². The molecule has 0 radical (unpaired) electrons. The number of hydrogen-bond donors (Lipinski definition) is 0. The molecule has 1 heterocycles. The lowest BCUT2D eigenvalue weighted by molar-refractivity contribution is -0.100. The first-order valence-corrected chi connectivity index (χ1v) is 18.0. The summed E-state index contributed by atoms with van der Waals surface area (Å²) >= 11 is 0. The molecule has 53 heavy (non-hydrogen) atoms. The van der Waals surface area contributed by atoms with Crippen molar-refractivity contribution in [2.24, 2.45) is 0 Å². The highest BCUT2D eigenvalue weighted by molar-refractivity contribution is 5.68. The van der Waals surface area contributed by atoms with Gasteiger partial charge in [0.05, 0.1) is 79.7 Å². The van der Waals surface area contributed by atoms with E-state index in [9.17, 15) is 4.79 Å². The Labute approximate surface area is 313 Å². The molecule has 0 saturated carbocycles. The fourth-order valence-electron chi connectivity index (χ4n) is 6.18. The number of nitrogens with zero attached hydrogens (tertiary/aromatic N) is 1. The van der Waals surface area contributed by atoms with Crippen LogP contribution < -0.4 is 18.9 Å². The van der Waals surface area contributed by atoms with Gasteiger partial charge in [-0.2, -0.15) is 0 Å². The van der Waals surface area contributed by atoms with Gasteiger partial charge < -0.3 is 42.8 Å². The van der Waals surface area contributed by atoms with Gasteiger partial charge in [-0.25, -0.2) is 4.79 Å². The average molecular weight is 728 g/mol. The normalized spacial score (nSPS) is 17.2. The van der Waals surface area contributed by atoms with Crippen LogP contribution in [0.25, 0.3) is 0 Å². The molecule has 5 rings (SSSR count). The number of para-hydroxylation sites is 1. The van der Waals surface area contributed by atoms with Crippen LogP contribution in [-0.4, -0.2) is 76.4 Å². The minimum Gasteiger partial charge on any atom is -0.497 e. The molecule has 4 aromatic carbocycles. The van der Waals surface area contributed by atoms with Crippen molar-refractivity contribution in [1.82, 2.24) is 4.90 Å². The number of rotatable bonds is 17. The monoisotopic (exact) mass is 727 g/mol. The van der Waals surface area contributed by atoms with Gasteiger partial charge in [-0.05, 0) is 79.9 Å². The Morgan fingerprint density at radius 2 is 1.21 bits per heavy atom. The van der Waals surface area contributed by atoms with Crippen LogP contribution >= 0.6 is 0 Å². The molecule has 1 amide bonds. The molecule has 1 saturated heterocycles. The summed E-state index contributed by atoms with van der Waals surface area (Å²) in [6, 6.07) is 31.5. The van der Waals surface area contributed by atoms with Crippen molar-refractivity contribution in [3.05, 3.63) is 119 Å². The number of methoxy groups -OCH3 is 3. The predicted molar refractivity (Wildman–Crippen MR) is 203 cm³/mol. The molecule has 0 aromatic heterocycles. The Morgan fingerprint density at radius 1 is 0.660 bits per heavy atom. The molecule has 1 aliphatic rings. The van der Waals surface area contributed by atoms with Crippen molar-refractivity contribution in [1.29, 1.82) is 0 Å². The average Bonchev–Trinajstić information content (AvgIpc) is 3.17. The lowest BCUT2D eigenvalue weighted by Crippen LogP contribution is -2.55. The van der Waals surface area contributed by atoms with Gasteiger partial charge in [0.2, 0.25) is 0 Å². The van der Waals surface area contributed by atoms with Crippen LogP contribution in [0.1, 0.15) is 55.4 Å². The maximum Gasteiger partial charge on any atom is 0.410 e. The number of ether oxygens (including phenoxy) is 8. The number of carbonyl (C=O) groups is 1. The molecule has 284 valence electrons. The maximum absolute atomic E-state index is 13.5. The van der Waals surface area contributed by atoms with E-state index in [0.29, 0.717) is 46.1 Å². The smallest absolute Gasteiger partial charge is 0.410 e. The quantitative estimate of drug-likeness (QED) is 0.0998. The van der Waals surface area contributed by atoms with Crippen molar-refractivity contribution in [3.8, 4) is 23.0 Å². The zero-order chi connectivity index (χ0) is 37.6. The van der Waals surface area contributed by atoms with E-state index in [2.05, 4.69) is 12.1 Å². The van der Waals surface area contributed by atoms with Crippen LogP contribution in [0.5, 0.6) is 23.0 Å². The van der Waals surface area contributed by atoms with Gasteiger partial charge in [-0.3, -0.25) is 0 Å². The van der Waals surface area contributed by atoms with Crippen LogP contribution in [0, 0.1) is 0 Å². The number of amides is 1. The Bertz CT molecular complexity index is 1630. The zero-order valence-corrected chi connectivity index (χ0v) is 31.7. The number of likely N-dealkylation sites (tertiary alicyclic amines) is 1. The van der Waals surface area contributed by atoms with E-state index in [0.717, 1.165) is 51.7 Å². The first kappa shape index (κ1) is 39.4. The molecule has 10 nitrogen and oxygen atoms in total. The van der Waals surface area contributed by atoms with Gasteiger partial charge >= 0.3 is 6.09 Å². The molecule has 3 atom stereocenters. The molecule has 0 spiro atoms. The molecule has 0 N–H and O–H groups in total. The summed E-state index contributed by atoms with van der Waals surface area (Å²) in [7, 11) is 4.95. The Morgan fingerprint density at radius 3 is 1.74 bits per heavy atom. The van der Waals surface area contributed by atoms with Gasteiger partial charge in [-0.1, -0.05) is 54.6 Å². The van der Waals surface area contributed by atoms with Gasteiger partial charge in [-0.15, -0.1) is 0 Å². The second kappa shape index (κ2) is 19.3. The maximum atomic E-state index is 13.5. The van der Waals surface area contributed by atoms with Crippen molar-refractivity contribution in [2.75, 3.05) is 47.6 Å². The zero-order valence-electron chi connectivity index (χ0n) is 31.7. The largest absolute Gasteiger partial charge is 0.497 e. The minimum absolute atomic E-state index is 0.192. The molecule has 0 aliphatic carbocycles. The number of piperidine rings is 1. The minimum atomic E-state index is -0.649. The van der Waals surface area contributed by atoms with E-state index in [1.807, 2.05) is 106 Å². The van der Waals surface area contributed by atoms with Crippen LogP contribution in [0.3, 0.4) is 0 Å². The first-order valence-electron chi connectivity index (χ1n) is 18.0. The van der Waals surface area contributed by atoms with Crippen LogP contribution in [-0.2, 0) is 38.8 Å². The molecule has 0 bridgehead atoms. The summed E-state index contributed by atoms with van der Waals surface area (Å²) < 4.78 is 47.2. The summed E-state index contributed by atoms with van der Waals surface area (Å²) in [6.07, 6.45) is -0.455. The fourth-order valence-corrected chi connectivity index (χ4v) is 6.18. The molecular weight excluding hydrogens is 674 g/mol. The van der Waals surface area contributed by atoms with Gasteiger partial charge in [0.1, 0.15) is 28.6 Å². The second-order valence-electron chi connectivity index (χ2n) is 13.9. The van der Waals surface area contributed by atoms with Crippen LogP contribution in [0.15, 0.2) is 97.1 Å². The predicted octanol–water partition coefficient (Wildman–Crippen LogP) is 8.20. The Hall–Kier alpha value is -4.77. The molecule has 1 fully saturated rings. The van der Waals surface area contributed by atoms with E-state index < -0.39 is 23.9 Å². The molecule has 1 unspecified atom stereocenters. The van der Waals surface area contributed by atoms with Crippen LogP contribution in [0.2, 0.25) is 0 Å². The number of carbonyl (C=O) groups excluding carboxylic acids is 1. The van der Waals surface area contributed by atoms with Crippen LogP contribution in [0.4, 0.5) is 4.79 Å². The van der Waals surface area contributed by atoms with E-state index in [1.165, 1.54) is 0 Å². The summed E-state index contributed by atoms with van der Waals surface area (Å²) in [4.78, 5) is 15.2. The van der Waals surface area contributed by atoms with Gasteiger partial charge in [0, 0.05) is 17.9 Å². The third-order valence-corrected chi connectivity index (χ3v) is 8.92. The highest BCUT2D eigenvalue weighted by Gasteiger charge is 2.42. The number of hydrogen-bond acceptors (Lipinski definition) is 9. The first-order chi connectivity index (χ1) is 25.6.